The molecule has 1 aliphatic heterocycles. The summed E-state index contributed by atoms with van der Waals surface area (Å²) in [5.41, 5.74) is 16.3. The van der Waals surface area contributed by atoms with Gasteiger partial charge in [0.05, 0.1) is 16.8 Å². The van der Waals surface area contributed by atoms with Gasteiger partial charge in [-0.05, 0) is 79.5 Å². The van der Waals surface area contributed by atoms with E-state index in [1.165, 1.54) is 44.3 Å². The Kier molecular flexibility index (Phi) is 7.76. The highest BCUT2D eigenvalue weighted by molar-refractivity contribution is 6.05. The molecule has 0 saturated carbocycles. The quantitative estimate of drug-likeness (QED) is 0.175. The molecule has 1 aliphatic carbocycles. The van der Waals surface area contributed by atoms with E-state index in [2.05, 4.69) is 200 Å². The van der Waals surface area contributed by atoms with Crippen LogP contribution in [0.4, 0.5) is 0 Å². The molecular weight excluding hydrogens is 729 g/mol. The molecule has 0 bridgehead atoms. The van der Waals surface area contributed by atoms with Gasteiger partial charge >= 0.3 is 0 Å². The Bertz CT molecular complexity index is 3250. The lowest BCUT2D eigenvalue weighted by molar-refractivity contribution is 0.436. The van der Waals surface area contributed by atoms with Crippen LogP contribution in [-0.4, -0.2) is 9.97 Å². The molecule has 1 aromatic heterocycles. The molecule has 280 valence electrons. The van der Waals surface area contributed by atoms with Gasteiger partial charge < -0.3 is 4.74 Å². The predicted molar refractivity (Wildman–Crippen MR) is 244 cm³/mol. The summed E-state index contributed by atoms with van der Waals surface area (Å²) in [7, 11) is 0. The summed E-state index contributed by atoms with van der Waals surface area (Å²) >= 11 is 0. The maximum Gasteiger partial charge on any atom is 0.160 e. The monoisotopic (exact) mass is 764 g/mol. The van der Waals surface area contributed by atoms with Crippen molar-refractivity contribution in [2.24, 2.45) is 0 Å². The van der Waals surface area contributed by atoms with Gasteiger partial charge in [0.15, 0.2) is 5.82 Å². The van der Waals surface area contributed by atoms with Crippen molar-refractivity contribution in [3.8, 4) is 78.8 Å². The molecule has 0 unspecified atom stereocenters. The van der Waals surface area contributed by atoms with Crippen LogP contribution in [0.5, 0.6) is 11.5 Å². The van der Waals surface area contributed by atoms with E-state index < -0.39 is 5.41 Å². The first-order chi connectivity index (χ1) is 29.7. The Morgan fingerprint density at radius 2 is 0.833 bits per heavy atom. The van der Waals surface area contributed by atoms with Gasteiger partial charge in [-0.1, -0.05) is 194 Å². The summed E-state index contributed by atoms with van der Waals surface area (Å²) in [6.07, 6.45) is 0. The van der Waals surface area contributed by atoms with Crippen molar-refractivity contribution in [1.29, 1.82) is 0 Å². The summed E-state index contributed by atoms with van der Waals surface area (Å²) in [6.45, 7) is 0. The maximum atomic E-state index is 6.85. The van der Waals surface area contributed by atoms with Crippen LogP contribution >= 0.6 is 0 Å². The van der Waals surface area contributed by atoms with E-state index in [9.17, 15) is 0 Å². The third-order valence-corrected chi connectivity index (χ3v) is 12.4. The Balaban J connectivity index is 1.00. The second kappa shape index (κ2) is 13.6. The first-order valence-corrected chi connectivity index (χ1v) is 20.5. The van der Waals surface area contributed by atoms with Crippen molar-refractivity contribution in [2.45, 2.75) is 5.41 Å². The average Bonchev–Trinajstić information content (AvgIpc) is 3.62. The number of ether oxygens (including phenoxy) is 1. The molecule has 1 spiro atoms. The first kappa shape index (κ1) is 34.2. The summed E-state index contributed by atoms with van der Waals surface area (Å²) < 4.78 is 6.85. The van der Waals surface area contributed by atoms with Crippen LogP contribution in [-0.2, 0) is 5.41 Å². The SMILES string of the molecule is c1ccc(-c2nc(-c3cccc(-c4ccc5c(c4)Oc4ccccc4C54c5ccccc5-c5ccccc54)c3)cc(-c3ccc(-c4ccccc4)c4ccccc34)n2)cc1. The molecule has 60 heavy (non-hydrogen) atoms. The molecule has 0 fully saturated rings. The number of rotatable bonds is 5. The van der Waals surface area contributed by atoms with Crippen molar-refractivity contribution >= 4 is 10.8 Å². The van der Waals surface area contributed by atoms with Crippen LogP contribution < -0.4 is 4.74 Å². The number of aromatic nitrogens is 2. The zero-order chi connectivity index (χ0) is 39.6. The molecule has 0 N–H and O–H groups in total. The van der Waals surface area contributed by atoms with Crippen molar-refractivity contribution in [1.82, 2.24) is 9.97 Å². The molecule has 9 aromatic carbocycles. The van der Waals surface area contributed by atoms with Crippen LogP contribution in [0.1, 0.15) is 22.3 Å². The van der Waals surface area contributed by atoms with Crippen LogP contribution in [0.2, 0.25) is 0 Å². The third kappa shape index (κ3) is 5.23. The van der Waals surface area contributed by atoms with Crippen LogP contribution in [0.3, 0.4) is 0 Å². The number of fused-ring (bicyclic) bond motifs is 10. The number of hydrogen-bond acceptors (Lipinski definition) is 3. The fraction of sp³-hybridized carbons (Fsp3) is 0.0175. The lowest BCUT2D eigenvalue weighted by Gasteiger charge is -2.39. The summed E-state index contributed by atoms with van der Waals surface area (Å²) in [6, 6.07) is 77.7. The molecule has 0 radical (unpaired) electrons. The second-order valence-corrected chi connectivity index (χ2v) is 15.6. The molecule has 2 heterocycles. The van der Waals surface area contributed by atoms with E-state index >= 15 is 0 Å². The second-order valence-electron chi connectivity index (χ2n) is 15.6. The Hall–Kier alpha value is -7.88. The number of benzene rings is 9. The minimum Gasteiger partial charge on any atom is -0.457 e. The van der Waals surface area contributed by atoms with Crippen LogP contribution in [0, 0.1) is 0 Å². The Morgan fingerprint density at radius 3 is 1.58 bits per heavy atom. The molecule has 0 amide bonds. The van der Waals surface area contributed by atoms with Gasteiger partial charge in [-0.25, -0.2) is 9.97 Å². The van der Waals surface area contributed by atoms with Gasteiger partial charge in [0, 0.05) is 27.8 Å². The number of hydrogen-bond donors (Lipinski definition) is 0. The zero-order valence-electron chi connectivity index (χ0n) is 32.6. The van der Waals surface area contributed by atoms with Gasteiger partial charge in [0.1, 0.15) is 11.5 Å². The van der Waals surface area contributed by atoms with Gasteiger partial charge in [0.2, 0.25) is 0 Å². The Labute approximate surface area is 348 Å². The molecule has 12 rings (SSSR count). The lowest BCUT2D eigenvalue weighted by atomic mass is 9.66. The minimum atomic E-state index is -0.494. The lowest BCUT2D eigenvalue weighted by Crippen LogP contribution is -2.32. The van der Waals surface area contributed by atoms with E-state index in [0.29, 0.717) is 5.82 Å². The maximum absolute atomic E-state index is 6.85. The van der Waals surface area contributed by atoms with Gasteiger partial charge in [-0.3, -0.25) is 0 Å². The predicted octanol–water partition coefficient (Wildman–Crippen LogP) is 14.4. The molecule has 3 heteroatoms. The molecule has 0 saturated heterocycles. The van der Waals surface area contributed by atoms with E-state index in [0.717, 1.165) is 61.7 Å². The first-order valence-electron chi connectivity index (χ1n) is 20.5. The van der Waals surface area contributed by atoms with E-state index in [4.69, 9.17) is 14.7 Å². The normalized spacial score (nSPS) is 12.9. The van der Waals surface area contributed by atoms with Gasteiger partial charge in [0.25, 0.3) is 0 Å². The summed E-state index contributed by atoms with van der Waals surface area (Å²) in [5.74, 6) is 2.44. The van der Waals surface area contributed by atoms with E-state index in [-0.39, 0.29) is 0 Å². The molecule has 10 aromatic rings. The van der Waals surface area contributed by atoms with Crippen molar-refractivity contribution < 1.29 is 4.74 Å². The fourth-order valence-electron chi connectivity index (χ4n) is 9.74. The number of nitrogens with zero attached hydrogens (tertiary/aromatic N) is 2. The Morgan fingerprint density at radius 1 is 0.300 bits per heavy atom. The van der Waals surface area contributed by atoms with E-state index in [1.807, 2.05) is 18.2 Å². The molecular formula is C57H36N2O. The standard InChI is InChI=1S/C57H36N2O/c1-3-16-37(17-4-1)42-31-32-47(44-23-8-7-22-43(42)44)53-36-52(58-56(59-53)38-18-5-2-6-19-38)41-21-15-20-39(34-41)40-30-33-51-55(35-40)60-54-29-14-13-28-50(54)57(51)48-26-11-9-24-45(48)46-25-10-12-27-49(46)57/h1-36H. The molecule has 3 nitrogen and oxygen atoms in total. The molecule has 2 aliphatic rings. The summed E-state index contributed by atoms with van der Waals surface area (Å²) in [5, 5.41) is 2.34. The zero-order valence-corrected chi connectivity index (χ0v) is 32.6. The smallest absolute Gasteiger partial charge is 0.160 e. The third-order valence-electron chi connectivity index (χ3n) is 12.4. The number of para-hydroxylation sites is 1. The summed E-state index contributed by atoms with van der Waals surface area (Å²) in [4.78, 5) is 10.5. The highest BCUT2D eigenvalue weighted by Crippen LogP contribution is 2.62. The average molecular weight is 765 g/mol. The van der Waals surface area contributed by atoms with Crippen LogP contribution in [0.15, 0.2) is 218 Å². The topological polar surface area (TPSA) is 35.0 Å². The van der Waals surface area contributed by atoms with Gasteiger partial charge in [-0.15, -0.1) is 0 Å². The van der Waals surface area contributed by atoms with Crippen LogP contribution in [0.25, 0.3) is 78.1 Å². The minimum absolute atomic E-state index is 0.494. The molecule has 0 atom stereocenters. The largest absolute Gasteiger partial charge is 0.457 e. The fourth-order valence-corrected chi connectivity index (χ4v) is 9.74. The van der Waals surface area contributed by atoms with Crippen molar-refractivity contribution in [3.05, 3.63) is 241 Å². The highest BCUT2D eigenvalue weighted by atomic mass is 16.5. The van der Waals surface area contributed by atoms with E-state index in [1.54, 1.807) is 0 Å². The van der Waals surface area contributed by atoms with Crippen molar-refractivity contribution in [2.75, 3.05) is 0 Å². The van der Waals surface area contributed by atoms with Crippen molar-refractivity contribution in [3.63, 3.8) is 0 Å². The highest BCUT2D eigenvalue weighted by Gasteiger charge is 2.50. The van der Waals surface area contributed by atoms with Gasteiger partial charge in [-0.2, -0.15) is 0 Å².